The number of hydrogen-bond acceptors (Lipinski definition) is 3. The fraction of sp³-hybridized carbons (Fsp3) is 0.188. The Morgan fingerprint density at radius 1 is 1.08 bits per heavy atom. The topological polar surface area (TPSA) is 75.3 Å². The van der Waals surface area contributed by atoms with E-state index in [1.165, 1.54) is 19.1 Å². The quantitative estimate of drug-likeness (QED) is 0.837. The summed E-state index contributed by atoms with van der Waals surface area (Å²) in [6.07, 6.45) is 0.555. The highest BCUT2D eigenvalue weighted by atomic mass is 32.2. The molecule has 0 spiro atoms. The molecule has 2 aromatic carbocycles. The van der Waals surface area contributed by atoms with Crippen molar-refractivity contribution < 1.29 is 22.0 Å². The van der Waals surface area contributed by atoms with Gasteiger partial charge in [-0.1, -0.05) is 12.1 Å². The summed E-state index contributed by atoms with van der Waals surface area (Å²) in [4.78, 5) is 10.7. The van der Waals surface area contributed by atoms with Crippen molar-refractivity contribution in [2.24, 2.45) is 0 Å². The van der Waals surface area contributed by atoms with Crippen LogP contribution in [-0.2, 0) is 21.2 Å². The monoisotopic (exact) mass is 354 g/mol. The van der Waals surface area contributed by atoms with Crippen molar-refractivity contribution in [3.05, 3.63) is 59.7 Å². The minimum absolute atomic E-state index is 0.0468. The van der Waals surface area contributed by atoms with Crippen LogP contribution in [0.2, 0.25) is 0 Å². The largest absolute Gasteiger partial charge is 0.356 e. The van der Waals surface area contributed by atoms with Gasteiger partial charge in [-0.15, -0.1) is 0 Å². The van der Waals surface area contributed by atoms with Gasteiger partial charge in [0.05, 0.1) is 10.6 Å². The lowest BCUT2D eigenvalue weighted by atomic mass is 10.1. The molecule has 2 aromatic rings. The molecular weight excluding hydrogens is 338 g/mol. The minimum atomic E-state index is -3.98. The van der Waals surface area contributed by atoms with Gasteiger partial charge in [-0.25, -0.2) is 17.2 Å². The SMILES string of the molecule is CC(=O)NCCc1ccc(S(=O)(=O)Nc2ccc(F)cc2F)cc1. The van der Waals surface area contributed by atoms with Crippen molar-refractivity contribution in [1.29, 1.82) is 0 Å². The Bertz CT molecular complexity index is 837. The molecule has 2 rings (SSSR count). The highest BCUT2D eigenvalue weighted by molar-refractivity contribution is 7.92. The van der Waals surface area contributed by atoms with E-state index in [0.717, 1.165) is 17.7 Å². The van der Waals surface area contributed by atoms with Crippen molar-refractivity contribution >= 4 is 21.6 Å². The zero-order chi connectivity index (χ0) is 17.7. The average molecular weight is 354 g/mol. The van der Waals surface area contributed by atoms with Gasteiger partial charge in [0, 0.05) is 19.5 Å². The van der Waals surface area contributed by atoms with E-state index in [4.69, 9.17) is 0 Å². The first-order chi connectivity index (χ1) is 11.3. The van der Waals surface area contributed by atoms with E-state index in [-0.39, 0.29) is 16.5 Å². The molecule has 0 radical (unpaired) electrons. The molecule has 0 aromatic heterocycles. The van der Waals surface area contributed by atoms with Gasteiger partial charge in [0.25, 0.3) is 10.0 Å². The number of benzene rings is 2. The molecule has 8 heteroatoms. The normalized spacial score (nSPS) is 11.1. The lowest BCUT2D eigenvalue weighted by Gasteiger charge is -2.10. The maximum absolute atomic E-state index is 13.6. The number of hydrogen-bond donors (Lipinski definition) is 2. The second-order valence-corrected chi connectivity index (χ2v) is 6.79. The predicted octanol–water partition coefficient (Wildman–Crippen LogP) is 2.44. The first-order valence-corrected chi connectivity index (χ1v) is 8.57. The van der Waals surface area contributed by atoms with Gasteiger partial charge < -0.3 is 5.32 Å². The van der Waals surface area contributed by atoms with Gasteiger partial charge in [0.15, 0.2) is 0 Å². The van der Waals surface area contributed by atoms with Crippen LogP contribution in [0.5, 0.6) is 0 Å². The zero-order valence-electron chi connectivity index (χ0n) is 12.8. The maximum Gasteiger partial charge on any atom is 0.261 e. The number of carbonyl (C=O) groups excluding carboxylic acids is 1. The molecule has 0 saturated carbocycles. The maximum atomic E-state index is 13.6. The van der Waals surface area contributed by atoms with Crippen LogP contribution in [0, 0.1) is 11.6 Å². The van der Waals surface area contributed by atoms with Crippen molar-refractivity contribution in [2.75, 3.05) is 11.3 Å². The van der Waals surface area contributed by atoms with Crippen LogP contribution in [-0.4, -0.2) is 20.9 Å². The summed E-state index contributed by atoms with van der Waals surface area (Å²) in [6, 6.07) is 8.56. The molecule has 0 aliphatic carbocycles. The van der Waals surface area contributed by atoms with Crippen molar-refractivity contribution in [2.45, 2.75) is 18.2 Å². The van der Waals surface area contributed by atoms with Crippen LogP contribution in [0.1, 0.15) is 12.5 Å². The predicted molar refractivity (Wildman–Crippen MR) is 86.0 cm³/mol. The molecule has 0 saturated heterocycles. The zero-order valence-corrected chi connectivity index (χ0v) is 13.7. The van der Waals surface area contributed by atoms with E-state index < -0.39 is 21.7 Å². The van der Waals surface area contributed by atoms with Crippen molar-refractivity contribution in [3.63, 3.8) is 0 Å². The third-order valence-electron chi connectivity index (χ3n) is 3.20. The van der Waals surface area contributed by atoms with Crippen molar-refractivity contribution in [1.82, 2.24) is 5.32 Å². The lowest BCUT2D eigenvalue weighted by Crippen LogP contribution is -2.22. The molecule has 0 heterocycles. The van der Waals surface area contributed by atoms with Gasteiger partial charge in [0.1, 0.15) is 11.6 Å². The number of carbonyl (C=O) groups is 1. The van der Waals surface area contributed by atoms with Gasteiger partial charge in [0.2, 0.25) is 5.91 Å². The Morgan fingerprint density at radius 2 is 1.75 bits per heavy atom. The van der Waals surface area contributed by atoms with Crippen LogP contribution in [0.4, 0.5) is 14.5 Å². The second-order valence-electron chi connectivity index (χ2n) is 5.11. The number of amides is 1. The summed E-state index contributed by atoms with van der Waals surface area (Å²) in [6.45, 7) is 1.86. The molecule has 0 aliphatic heterocycles. The summed E-state index contributed by atoms with van der Waals surface area (Å²) in [7, 11) is -3.98. The van der Waals surface area contributed by atoms with Crippen molar-refractivity contribution in [3.8, 4) is 0 Å². The summed E-state index contributed by atoms with van der Waals surface area (Å²) < 4.78 is 53.0. The Labute approximate surface area is 138 Å². The highest BCUT2D eigenvalue weighted by Crippen LogP contribution is 2.20. The van der Waals surface area contributed by atoms with Gasteiger partial charge in [-0.2, -0.15) is 0 Å². The third kappa shape index (κ3) is 4.76. The fourth-order valence-electron chi connectivity index (χ4n) is 1.99. The highest BCUT2D eigenvalue weighted by Gasteiger charge is 2.16. The van der Waals surface area contributed by atoms with Crippen LogP contribution < -0.4 is 10.0 Å². The van der Waals surface area contributed by atoms with Crippen LogP contribution in [0.3, 0.4) is 0 Å². The van der Waals surface area contributed by atoms with Crippen LogP contribution in [0.15, 0.2) is 47.4 Å². The standard InChI is InChI=1S/C16H16F2N2O3S/c1-11(21)19-9-8-12-2-5-14(6-3-12)24(22,23)20-16-7-4-13(17)10-15(16)18/h2-7,10,20H,8-9H2,1H3,(H,19,21). The Kier molecular flexibility index (Phi) is 5.50. The number of sulfonamides is 1. The lowest BCUT2D eigenvalue weighted by molar-refractivity contribution is -0.118. The van der Waals surface area contributed by atoms with Gasteiger partial charge >= 0.3 is 0 Å². The molecule has 128 valence electrons. The van der Waals surface area contributed by atoms with Crippen LogP contribution in [0.25, 0.3) is 0 Å². The summed E-state index contributed by atoms with van der Waals surface area (Å²) in [5.41, 5.74) is 0.516. The molecule has 2 N–H and O–H groups in total. The summed E-state index contributed by atoms with van der Waals surface area (Å²) >= 11 is 0. The van der Waals surface area contributed by atoms with E-state index in [9.17, 15) is 22.0 Å². The Morgan fingerprint density at radius 3 is 2.33 bits per heavy atom. The van der Waals surface area contributed by atoms with Gasteiger partial charge in [-0.05, 0) is 36.2 Å². The number of halogens is 2. The van der Waals surface area contributed by atoms with E-state index in [0.29, 0.717) is 19.0 Å². The van der Waals surface area contributed by atoms with Crippen LogP contribution >= 0.6 is 0 Å². The van der Waals surface area contributed by atoms with Gasteiger partial charge in [-0.3, -0.25) is 9.52 Å². The summed E-state index contributed by atoms with van der Waals surface area (Å²) in [5, 5.41) is 2.64. The second kappa shape index (κ2) is 7.39. The summed E-state index contributed by atoms with van der Waals surface area (Å²) in [5.74, 6) is -1.93. The Balaban J connectivity index is 2.10. The number of nitrogens with one attached hydrogen (secondary N) is 2. The van der Waals surface area contributed by atoms with E-state index in [1.54, 1.807) is 12.1 Å². The third-order valence-corrected chi connectivity index (χ3v) is 4.58. The first-order valence-electron chi connectivity index (χ1n) is 7.09. The smallest absolute Gasteiger partial charge is 0.261 e. The molecule has 24 heavy (non-hydrogen) atoms. The molecule has 0 fully saturated rings. The molecular formula is C16H16F2N2O3S. The molecule has 1 amide bonds. The molecule has 0 bridgehead atoms. The Hall–Kier alpha value is -2.48. The molecule has 0 atom stereocenters. The molecule has 5 nitrogen and oxygen atoms in total. The number of rotatable bonds is 6. The van der Waals surface area contributed by atoms with E-state index >= 15 is 0 Å². The molecule has 0 aliphatic rings. The fourth-order valence-corrected chi connectivity index (χ4v) is 3.06. The van der Waals surface area contributed by atoms with E-state index in [2.05, 4.69) is 10.0 Å². The molecule has 0 unspecified atom stereocenters. The number of anilines is 1. The minimum Gasteiger partial charge on any atom is -0.356 e. The van der Waals surface area contributed by atoms with E-state index in [1.807, 2.05) is 0 Å². The average Bonchev–Trinajstić information content (AvgIpc) is 2.50. The first kappa shape index (κ1) is 17.9.